The van der Waals surface area contributed by atoms with Gasteiger partial charge in [-0.3, -0.25) is 9.78 Å². The smallest absolute Gasteiger partial charge is 0.254 e. The van der Waals surface area contributed by atoms with Crippen molar-refractivity contribution in [2.75, 3.05) is 0 Å². The Kier molecular flexibility index (Phi) is 2.50. The fraction of sp³-hybridized carbons (Fsp3) is 0.333. The van der Waals surface area contributed by atoms with Crippen LogP contribution < -0.4 is 5.56 Å². The van der Waals surface area contributed by atoms with E-state index >= 15 is 0 Å². The van der Waals surface area contributed by atoms with Gasteiger partial charge in [0.1, 0.15) is 5.52 Å². The molecule has 0 aliphatic heterocycles. The zero-order valence-corrected chi connectivity index (χ0v) is 9.47. The van der Waals surface area contributed by atoms with Crippen molar-refractivity contribution in [2.45, 2.75) is 26.7 Å². The molecule has 0 unspecified atom stereocenters. The average molecular weight is 220 g/mol. The molecule has 4 heteroatoms. The largest absolute Gasteiger partial charge is 0.320 e. The normalized spacial score (nSPS) is 11.3. The van der Waals surface area contributed by atoms with Crippen molar-refractivity contribution in [3.8, 4) is 0 Å². The number of rotatable bonds is 1. The van der Waals surface area contributed by atoms with E-state index < -0.39 is 11.4 Å². The molecular formula is C12H13FN2O. The predicted molar refractivity (Wildman–Crippen MR) is 61.1 cm³/mol. The average Bonchev–Trinajstić information content (AvgIpc) is 2.25. The lowest BCUT2D eigenvalue weighted by atomic mass is 10.0. The Hall–Kier alpha value is -1.71. The van der Waals surface area contributed by atoms with Crippen molar-refractivity contribution in [3.05, 3.63) is 39.6 Å². The summed E-state index contributed by atoms with van der Waals surface area (Å²) in [4.78, 5) is 18.1. The van der Waals surface area contributed by atoms with Gasteiger partial charge in [-0.05, 0) is 24.5 Å². The highest BCUT2D eigenvalue weighted by molar-refractivity contribution is 5.75. The van der Waals surface area contributed by atoms with Gasteiger partial charge in [-0.25, -0.2) is 4.39 Å². The van der Waals surface area contributed by atoms with Crippen LogP contribution in [0.15, 0.2) is 17.1 Å². The minimum atomic E-state index is -0.533. The van der Waals surface area contributed by atoms with E-state index in [0.717, 1.165) is 5.56 Å². The first-order valence-electron chi connectivity index (χ1n) is 5.18. The molecule has 0 bridgehead atoms. The quantitative estimate of drug-likeness (QED) is 0.802. The number of hydrogen-bond donors (Lipinski definition) is 1. The molecule has 0 aliphatic carbocycles. The molecule has 2 rings (SSSR count). The zero-order chi connectivity index (χ0) is 11.9. The van der Waals surface area contributed by atoms with Crippen LogP contribution in [0.5, 0.6) is 0 Å². The summed E-state index contributed by atoms with van der Waals surface area (Å²) in [6, 6.07) is 1.77. The lowest BCUT2D eigenvalue weighted by molar-refractivity contribution is 0.623. The number of aromatic nitrogens is 2. The highest BCUT2D eigenvalue weighted by atomic mass is 19.1. The Balaban J connectivity index is 2.81. The number of nitrogens with one attached hydrogen (secondary N) is 1. The van der Waals surface area contributed by atoms with Crippen molar-refractivity contribution in [3.63, 3.8) is 0 Å². The van der Waals surface area contributed by atoms with Crippen molar-refractivity contribution in [2.24, 2.45) is 0 Å². The van der Waals surface area contributed by atoms with E-state index in [1.54, 1.807) is 12.3 Å². The molecule has 0 spiro atoms. The lowest BCUT2D eigenvalue weighted by Gasteiger charge is -2.07. The molecule has 0 saturated heterocycles. The molecule has 0 fully saturated rings. The van der Waals surface area contributed by atoms with Crippen LogP contribution in [0.2, 0.25) is 0 Å². The Bertz CT molecular complexity index is 602. The first-order chi connectivity index (χ1) is 7.50. The van der Waals surface area contributed by atoms with Gasteiger partial charge in [-0.2, -0.15) is 0 Å². The Morgan fingerprint density at radius 2 is 2.12 bits per heavy atom. The number of nitrogens with zero attached hydrogens (tertiary/aromatic N) is 1. The number of aromatic amines is 1. The Morgan fingerprint density at radius 1 is 1.44 bits per heavy atom. The van der Waals surface area contributed by atoms with Gasteiger partial charge in [0.25, 0.3) is 5.56 Å². The van der Waals surface area contributed by atoms with Crippen molar-refractivity contribution in [1.29, 1.82) is 0 Å². The molecule has 3 nitrogen and oxygen atoms in total. The van der Waals surface area contributed by atoms with Gasteiger partial charge in [0, 0.05) is 6.20 Å². The SMILES string of the molecule is Cc1c(F)c2ncc(C(C)C)cc2[nH]c1=O. The van der Waals surface area contributed by atoms with E-state index in [1.165, 1.54) is 6.92 Å². The van der Waals surface area contributed by atoms with Gasteiger partial charge >= 0.3 is 0 Å². The summed E-state index contributed by atoms with van der Waals surface area (Å²) in [5.74, 6) is -0.237. The number of pyridine rings is 2. The molecule has 16 heavy (non-hydrogen) atoms. The molecule has 1 N–H and O–H groups in total. The minimum Gasteiger partial charge on any atom is -0.320 e. The fourth-order valence-electron chi connectivity index (χ4n) is 1.56. The van der Waals surface area contributed by atoms with Crippen LogP contribution in [0, 0.1) is 12.7 Å². The molecule has 0 radical (unpaired) electrons. The molecular weight excluding hydrogens is 207 g/mol. The molecule has 2 heterocycles. The summed E-state index contributed by atoms with van der Waals surface area (Å²) < 4.78 is 13.7. The second-order valence-corrected chi connectivity index (χ2v) is 4.21. The Labute approximate surface area is 92.3 Å². The molecule has 2 aromatic rings. The first kappa shape index (κ1) is 10.8. The summed E-state index contributed by atoms with van der Waals surface area (Å²) in [6.07, 6.45) is 1.65. The van der Waals surface area contributed by atoms with Gasteiger partial charge in [0.05, 0.1) is 11.1 Å². The van der Waals surface area contributed by atoms with Gasteiger partial charge in [0.15, 0.2) is 5.82 Å². The van der Waals surface area contributed by atoms with Crippen LogP contribution in [0.25, 0.3) is 11.0 Å². The van der Waals surface area contributed by atoms with E-state index in [4.69, 9.17) is 0 Å². The number of halogens is 1. The maximum Gasteiger partial charge on any atom is 0.254 e. The van der Waals surface area contributed by atoms with E-state index in [2.05, 4.69) is 9.97 Å². The third-order valence-corrected chi connectivity index (χ3v) is 2.70. The Morgan fingerprint density at radius 3 is 2.75 bits per heavy atom. The summed E-state index contributed by atoms with van der Waals surface area (Å²) in [7, 11) is 0. The zero-order valence-electron chi connectivity index (χ0n) is 9.47. The van der Waals surface area contributed by atoms with Gasteiger partial charge in [-0.15, -0.1) is 0 Å². The van der Waals surface area contributed by atoms with Crippen molar-refractivity contribution < 1.29 is 4.39 Å². The molecule has 0 aromatic carbocycles. The molecule has 0 amide bonds. The van der Waals surface area contributed by atoms with Crippen molar-refractivity contribution in [1.82, 2.24) is 9.97 Å². The first-order valence-corrected chi connectivity index (χ1v) is 5.18. The monoisotopic (exact) mass is 220 g/mol. The van der Waals surface area contributed by atoms with E-state index in [0.29, 0.717) is 11.4 Å². The third kappa shape index (κ3) is 1.60. The molecule has 0 saturated carbocycles. The summed E-state index contributed by atoms with van der Waals surface area (Å²) in [5.41, 5.74) is 1.34. The molecule has 2 aromatic heterocycles. The van der Waals surface area contributed by atoms with Crippen LogP contribution in [0.3, 0.4) is 0 Å². The maximum atomic E-state index is 13.7. The standard InChI is InChI=1S/C12H13FN2O/c1-6(2)8-4-9-11(14-5-8)10(13)7(3)12(16)15-9/h4-6H,1-3H3,(H,15,16). The van der Waals surface area contributed by atoms with Crippen LogP contribution in [-0.4, -0.2) is 9.97 Å². The fourth-order valence-corrected chi connectivity index (χ4v) is 1.56. The van der Waals surface area contributed by atoms with Crippen molar-refractivity contribution >= 4 is 11.0 Å². The van der Waals surface area contributed by atoms with Crippen LogP contribution in [0.1, 0.15) is 30.9 Å². The van der Waals surface area contributed by atoms with Crippen LogP contribution in [-0.2, 0) is 0 Å². The summed E-state index contributed by atoms with van der Waals surface area (Å²) in [5, 5.41) is 0. The predicted octanol–water partition coefficient (Wildman–Crippen LogP) is 2.49. The number of fused-ring (bicyclic) bond motifs is 1. The minimum absolute atomic E-state index is 0.0808. The van der Waals surface area contributed by atoms with E-state index in [9.17, 15) is 9.18 Å². The summed E-state index contributed by atoms with van der Waals surface area (Å²) in [6.45, 7) is 5.49. The van der Waals surface area contributed by atoms with Gasteiger partial charge < -0.3 is 4.98 Å². The van der Waals surface area contributed by atoms with Gasteiger partial charge in [-0.1, -0.05) is 13.8 Å². The molecule has 0 aliphatic rings. The number of hydrogen-bond acceptors (Lipinski definition) is 2. The second kappa shape index (κ2) is 3.70. The number of H-pyrrole nitrogens is 1. The molecule has 84 valence electrons. The van der Waals surface area contributed by atoms with E-state index in [1.807, 2.05) is 13.8 Å². The molecule has 0 atom stereocenters. The van der Waals surface area contributed by atoms with Crippen LogP contribution >= 0.6 is 0 Å². The highest BCUT2D eigenvalue weighted by Crippen LogP contribution is 2.19. The maximum absolute atomic E-state index is 13.7. The summed E-state index contributed by atoms with van der Waals surface area (Å²) >= 11 is 0. The van der Waals surface area contributed by atoms with Crippen LogP contribution in [0.4, 0.5) is 4.39 Å². The second-order valence-electron chi connectivity index (χ2n) is 4.21. The van der Waals surface area contributed by atoms with E-state index in [-0.39, 0.29) is 11.1 Å². The highest BCUT2D eigenvalue weighted by Gasteiger charge is 2.11. The topological polar surface area (TPSA) is 45.8 Å². The van der Waals surface area contributed by atoms with Gasteiger partial charge in [0.2, 0.25) is 0 Å². The lowest BCUT2D eigenvalue weighted by Crippen LogP contribution is -2.12. The third-order valence-electron chi connectivity index (χ3n) is 2.70.